The van der Waals surface area contributed by atoms with E-state index in [9.17, 15) is 0 Å². The van der Waals surface area contributed by atoms with Gasteiger partial charge in [0.1, 0.15) is 0 Å². The van der Waals surface area contributed by atoms with Crippen LogP contribution >= 0.6 is 11.6 Å². The van der Waals surface area contributed by atoms with Crippen molar-refractivity contribution in [3.05, 3.63) is 59.1 Å². The first-order valence-electron chi connectivity index (χ1n) is 6.24. The molecule has 0 radical (unpaired) electrons. The van der Waals surface area contributed by atoms with Gasteiger partial charge in [-0.3, -0.25) is 0 Å². The van der Waals surface area contributed by atoms with Crippen molar-refractivity contribution in [3.8, 4) is 0 Å². The fourth-order valence-electron chi connectivity index (χ4n) is 1.81. The quantitative estimate of drug-likeness (QED) is 0.762. The van der Waals surface area contributed by atoms with Gasteiger partial charge in [0.05, 0.1) is 18.2 Å². The highest BCUT2D eigenvalue weighted by Gasteiger charge is 1.93. The number of halogens is 1. The minimum Gasteiger partial charge on any atom is -0.345 e. The van der Waals surface area contributed by atoms with E-state index in [0.29, 0.717) is 0 Å². The van der Waals surface area contributed by atoms with E-state index in [0.717, 1.165) is 23.6 Å². The zero-order valence-corrected chi connectivity index (χ0v) is 11.0. The molecule has 0 aliphatic heterocycles. The molecule has 1 aromatic carbocycles. The molecule has 1 aromatic heterocycles. The van der Waals surface area contributed by atoms with Crippen LogP contribution in [0.5, 0.6) is 0 Å². The van der Waals surface area contributed by atoms with Gasteiger partial charge >= 0.3 is 0 Å². The number of hydrogen-bond acceptors (Lipinski definition) is 1. The van der Waals surface area contributed by atoms with Crippen LogP contribution in [0.25, 0.3) is 6.08 Å². The lowest BCUT2D eigenvalue weighted by Gasteiger charge is -2.00. The molecule has 0 aliphatic rings. The molecule has 0 amide bonds. The zero-order chi connectivity index (χ0) is 12.6. The normalized spacial score (nSPS) is 11.2. The standard InChI is InChI=1S/C15H17ClN2/c16-14-9-7-13(8-10-14)5-3-1-2-4-6-15-11-17-12-18-15/h4,6-12H,1-3,5H2,(H,17,18)/b6-4+. The number of imidazole rings is 1. The third-order valence-corrected chi connectivity index (χ3v) is 3.07. The van der Waals surface area contributed by atoms with Crippen LogP contribution in [0.15, 0.2) is 42.9 Å². The summed E-state index contributed by atoms with van der Waals surface area (Å²) in [5.41, 5.74) is 2.42. The van der Waals surface area contributed by atoms with Crippen molar-refractivity contribution in [1.29, 1.82) is 0 Å². The van der Waals surface area contributed by atoms with E-state index in [1.165, 1.54) is 18.4 Å². The molecule has 0 spiro atoms. The van der Waals surface area contributed by atoms with Crippen molar-refractivity contribution in [2.24, 2.45) is 0 Å². The molecule has 2 aromatic rings. The van der Waals surface area contributed by atoms with Crippen molar-refractivity contribution in [2.45, 2.75) is 25.7 Å². The second-order valence-corrected chi connectivity index (χ2v) is 4.72. The largest absolute Gasteiger partial charge is 0.345 e. The highest BCUT2D eigenvalue weighted by molar-refractivity contribution is 6.30. The molecule has 0 unspecified atom stereocenters. The topological polar surface area (TPSA) is 28.7 Å². The number of benzene rings is 1. The van der Waals surface area contributed by atoms with E-state index in [2.05, 4.69) is 34.3 Å². The van der Waals surface area contributed by atoms with Crippen LogP contribution in [0.3, 0.4) is 0 Å². The lowest BCUT2D eigenvalue weighted by Crippen LogP contribution is -1.84. The molecule has 0 atom stereocenters. The Morgan fingerprint density at radius 1 is 1.17 bits per heavy atom. The maximum Gasteiger partial charge on any atom is 0.0924 e. The maximum absolute atomic E-state index is 5.85. The minimum atomic E-state index is 0.807. The molecule has 0 bridgehead atoms. The van der Waals surface area contributed by atoms with E-state index in [4.69, 9.17) is 11.6 Å². The van der Waals surface area contributed by atoms with Crippen LogP contribution < -0.4 is 0 Å². The zero-order valence-electron chi connectivity index (χ0n) is 10.3. The SMILES string of the molecule is Clc1ccc(CCCC/C=C/c2cnc[nH]2)cc1. The van der Waals surface area contributed by atoms with E-state index < -0.39 is 0 Å². The van der Waals surface area contributed by atoms with Gasteiger partial charge in [-0.15, -0.1) is 0 Å². The van der Waals surface area contributed by atoms with E-state index in [1.54, 1.807) is 6.33 Å². The van der Waals surface area contributed by atoms with Crippen molar-refractivity contribution in [2.75, 3.05) is 0 Å². The molecule has 0 saturated heterocycles. The Balaban J connectivity index is 1.63. The number of nitrogens with one attached hydrogen (secondary N) is 1. The van der Waals surface area contributed by atoms with Gasteiger partial charge in [0.15, 0.2) is 0 Å². The number of rotatable bonds is 6. The van der Waals surface area contributed by atoms with Crippen LogP contribution in [0.1, 0.15) is 30.5 Å². The Morgan fingerprint density at radius 3 is 2.72 bits per heavy atom. The van der Waals surface area contributed by atoms with Crippen molar-refractivity contribution < 1.29 is 0 Å². The van der Waals surface area contributed by atoms with Gasteiger partial charge in [0.2, 0.25) is 0 Å². The number of aromatic nitrogens is 2. The Labute approximate surface area is 113 Å². The van der Waals surface area contributed by atoms with Gasteiger partial charge in [-0.2, -0.15) is 0 Å². The average Bonchev–Trinajstić information content (AvgIpc) is 2.89. The Bertz CT molecular complexity index is 472. The van der Waals surface area contributed by atoms with Crippen molar-refractivity contribution in [3.63, 3.8) is 0 Å². The molecule has 94 valence electrons. The summed E-state index contributed by atoms with van der Waals surface area (Å²) >= 11 is 5.85. The molecule has 0 saturated carbocycles. The summed E-state index contributed by atoms with van der Waals surface area (Å²) in [5, 5.41) is 0.807. The van der Waals surface area contributed by atoms with Gasteiger partial charge in [0, 0.05) is 5.02 Å². The summed E-state index contributed by atoms with van der Waals surface area (Å²) in [6.07, 6.45) is 12.4. The van der Waals surface area contributed by atoms with Gasteiger partial charge in [-0.25, -0.2) is 4.98 Å². The summed E-state index contributed by atoms with van der Waals surface area (Å²) in [4.78, 5) is 7.02. The number of H-pyrrole nitrogens is 1. The number of aryl methyl sites for hydroxylation is 1. The van der Waals surface area contributed by atoms with Crippen LogP contribution in [0.4, 0.5) is 0 Å². The van der Waals surface area contributed by atoms with E-state index >= 15 is 0 Å². The summed E-state index contributed by atoms with van der Waals surface area (Å²) in [7, 11) is 0. The van der Waals surface area contributed by atoms with Gasteiger partial charge < -0.3 is 4.98 Å². The number of allylic oxidation sites excluding steroid dienone is 1. The Kier molecular flexibility index (Phi) is 5.03. The first-order chi connectivity index (χ1) is 8.84. The van der Waals surface area contributed by atoms with Crippen LogP contribution in [0.2, 0.25) is 5.02 Å². The lowest BCUT2D eigenvalue weighted by atomic mass is 10.1. The average molecular weight is 261 g/mol. The van der Waals surface area contributed by atoms with Crippen molar-refractivity contribution >= 4 is 17.7 Å². The van der Waals surface area contributed by atoms with Crippen molar-refractivity contribution in [1.82, 2.24) is 9.97 Å². The molecule has 2 nitrogen and oxygen atoms in total. The Hall–Kier alpha value is -1.54. The molecule has 1 N–H and O–H groups in total. The molecule has 18 heavy (non-hydrogen) atoms. The summed E-state index contributed by atoms with van der Waals surface area (Å²) < 4.78 is 0. The number of unbranched alkanes of at least 4 members (excludes halogenated alkanes) is 2. The van der Waals surface area contributed by atoms with E-state index in [-0.39, 0.29) is 0 Å². The second kappa shape index (κ2) is 7.02. The first-order valence-corrected chi connectivity index (χ1v) is 6.62. The molecular weight excluding hydrogens is 244 g/mol. The fourth-order valence-corrected chi connectivity index (χ4v) is 1.94. The van der Waals surface area contributed by atoms with Gasteiger partial charge in [-0.1, -0.05) is 29.8 Å². The maximum atomic E-state index is 5.85. The minimum absolute atomic E-state index is 0.807. The van der Waals surface area contributed by atoms with Crippen LogP contribution in [0, 0.1) is 0 Å². The molecule has 2 rings (SSSR count). The van der Waals surface area contributed by atoms with E-state index in [1.807, 2.05) is 18.3 Å². The molecular formula is C15H17ClN2. The highest BCUT2D eigenvalue weighted by atomic mass is 35.5. The molecule has 0 fully saturated rings. The predicted octanol–water partition coefficient (Wildman–Crippen LogP) is 4.49. The fraction of sp³-hybridized carbons (Fsp3) is 0.267. The number of nitrogens with zero attached hydrogens (tertiary/aromatic N) is 1. The Morgan fingerprint density at radius 2 is 2.00 bits per heavy atom. The lowest BCUT2D eigenvalue weighted by molar-refractivity contribution is 0.749. The summed E-state index contributed by atoms with van der Waals surface area (Å²) in [6, 6.07) is 8.11. The summed E-state index contributed by atoms with van der Waals surface area (Å²) in [6.45, 7) is 0. The second-order valence-electron chi connectivity index (χ2n) is 4.28. The van der Waals surface area contributed by atoms with Gasteiger partial charge in [0.25, 0.3) is 0 Å². The monoisotopic (exact) mass is 260 g/mol. The molecule has 0 aliphatic carbocycles. The van der Waals surface area contributed by atoms with Crippen LogP contribution in [-0.2, 0) is 6.42 Å². The third-order valence-electron chi connectivity index (χ3n) is 2.82. The molecule has 3 heteroatoms. The first kappa shape index (κ1) is 12.9. The predicted molar refractivity (Wildman–Crippen MR) is 76.6 cm³/mol. The highest BCUT2D eigenvalue weighted by Crippen LogP contribution is 2.12. The third kappa shape index (κ3) is 4.38. The van der Waals surface area contributed by atoms with Gasteiger partial charge in [-0.05, 0) is 49.5 Å². The summed E-state index contributed by atoms with van der Waals surface area (Å²) in [5.74, 6) is 0. The molecule has 1 heterocycles. The van der Waals surface area contributed by atoms with Crippen LogP contribution in [-0.4, -0.2) is 9.97 Å². The number of hydrogen-bond donors (Lipinski definition) is 1. The number of aromatic amines is 1. The smallest absolute Gasteiger partial charge is 0.0924 e.